The van der Waals surface area contributed by atoms with E-state index in [4.69, 9.17) is 24.9 Å². The van der Waals surface area contributed by atoms with Crippen LogP contribution in [0, 0.1) is 0 Å². The van der Waals surface area contributed by atoms with Gasteiger partial charge in [0.1, 0.15) is 6.33 Å². The van der Waals surface area contributed by atoms with Gasteiger partial charge in [-0.1, -0.05) is 52.9 Å². The van der Waals surface area contributed by atoms with Gasteiger partial charge < -0.3 is 41.3 Å². The molecule has 15 heteroatoms. The number of anilines is 5. The molecule has 0 aromatic carbocycles. The normalized spacial score (nSPS) is 21.4. The average Bonchev–Trinajstić information content (AvgIpc) is 3.17. The molecule has 2 aromatic rings. The number of unbranched alkanes of at least 4 members (excludes halogenated alkanes) is 5. The Morgan fingerprint density at radius 2 is 0.848 bits per heavy atom. The van der Waals surface area contributed by atoms with Crippen LogP contribution in [0.15, 0.2) is 6.33 Å². The van der Waals surface area contributed by atoms with Gasteiger partial charge >= 0.3 is 0 Å². The van der Waals surface area contributed by atoms with Crippen LogP contribution in [-0.2, 0) is 0 Å². The number of piperidine rings is 3. The first-order chi connectivity index (χ1) is 30.9. The van der Waals surface area contributed by atoms with Gasteiger partial charge in [0.15, 0.2) is 0 Å². The Labute approximate surface area is 402 Å². The van der Waals surface area contributed by atoms with Crippen molar-refractivity contribution >= 4 is 29.7 Å². The highest BCUT2D eigenvalue weighted by Gasteiger charge is 2.44. The second-order valence-corrected chi connectivity index (χ2v) is 24.2. The summed E-state index contributed by atoms with van der Waals surface area (Å²) >= 11 is 0. The third-order valence-electron chi connectivity index (χ3n) is 13.9. The lowest BCUT2D eigenvalue weighted by Crippen LogP contribution is -2.63. The van der Waals surface area contributed by atoms with E-state index in [2.05, 4.69) is 162 Å². The number of aromatic nitrogens is 6. The fraction of sp³-hybridized carbons (Fsp3) is 0.882. The maximum absolute atomic E-state index is 5.53. The molecular formula is C51H97N15. The first-order valence-electron chi connectivity index (χ1n) is 26.2. The van der Waals surface area contributed by atoms with E-state index in [1.54, 1.807) is 6.33 Å². The van der Waals surface area contributed by atoms with Crippen LogP contribution in [0.4, 0.5) is 29.7 Å². The molecule has 15 nitrogen and oxygen atoms in total. The van der Waals surface area contributed by atoms with Crippen molar-refractivity contribution in [3.05, 3.63) is 6.33 Å². The molecule has 3 saturated heterocycles. The summed E-state index contributed by atoms with van der Waals surface area (Å²) in [7, 11) is 0. The van der Waals surface area contributed by atoms with Gasteiger partial charge in [-0.3, -0.25) is 4.90 Å². The van der Waals surface area contributed by atoms with Crippen LogP contribution in [-0.4, -0.2) is 126 Å². The Bertz CT molecular complexity index is 1680. The minimum Gasteiger partial charge on any atom is -0.341 e. The zero-order chi connectivity index (χ0) is 48.6. The van der Waals surface area contributed by atoms with E-state index in [1.807, 2.05) is 0 Å². The highest BCUT2D eigenvalue weighted by atomic mass is 15.4. The van der Waals surface area contributed by atoms with E-state index in [1.165, 1.54) is 19.3 Å². The van der Waals surface area contributed by atoms with Gasteiger partial charge in [-0.05, 0) is 148 Å². The van der Waals surface area contributed by atoms with Gasteiger partial charge in [-0.2, -0.15) is 19.9 Å². The lowest BCUT2D eigenvalue weighted by atomic mass is 9.79. The largest absolute Gasteiger partial charge is 0.341 e. The molecule has 0 saturated carbocycles. The first-order valence-corrected chi connectivity index (χ1v) is 26.2. The smallest absolute Gasteiger partial charge is 0.232 e. The van der Waals surface area contributed by atoms with Crippen LogP contribution in [0.3, 0.4) is 0 Å². The van der Waals surface area contributed by atoms with Crippen LogP contribution >= 0.6 is 0 Å². The zero-order valence-electron chi connectivity index (χ0n) is 44.9. The fourth-order valence-corrected chi connectivity index (χ4v) is 12.1. The molecule has 0 atom stereocenters. The molecule has 376 valence electrons. The molecule has 5 rings (SSSR count). The van der Waals surface area contributed by atoms with Crippen molar-refractivity contribution in [1.82, 2.24) is 50.8 Å². The SMILES string of the molecule is CCCCCCN(CNc1ncnc(N(CC)C2CC(C)(C)NC(C)(C)C2)n1)CNc1nc(N(CCCC)C2CC(C)(C)NC(C)(C)C2)nc(N(CCCC)C2CC(C)(C)NC(C)(C)C2)n1. The van der Waals surface area contributed by atoms with Gasteiger partial charge in [0, 0.05) is 77.5 Å². The summed E-state index contributed by atoms with van der Waals surface area (Å²) in [4.78, 5) is 40.5. The standard InChI is InChI=1S/C51H97N15/c1-17-21-24-25-26-63(36-54-41-52-35-53-43(56-41)64(20-4)38-29-46(5,6)60-47(7,8)30-38)37-55-42-57-44(65(27-22-18-2)39-31-48(9,10)61-49(11,12)32-39)59-45(58-42)66(28-23-19-3)40-33-50(13,14)62-51(15,16)34-40/h35,38-40,60-62H,17-34,36-37H2,1-16H3,(H,52,53,54,56)(H,55,57,58,59). The highest BCUT2D eigenvalue weighted by molar-refractivity contribution is 5.47. The number of rotatable bonds is 24. The molecule has 0 unspecified atom stereocenters. The lowest BCUT2D eigenvalue weighted by molar-refractivity contribution is 0.157. The first kappa shape index (κ1) is 53.8. The molecule has 0 aliphatic carbocycles. The molecular weight excluding hydrogens is 823 g/mol. The Balaban J connectivity index is 1.48. The summed E-state index contributed by atoms with van der Waals surface area (Å²) in [5, 5.41) is 19.1. The van der Waals surface area contributed by atoms with E-state index >= 15 is 0 Å². The molecule has 0 amide bonds. The Kier molecular flexibility index (Phi) is 18.4. The van der Waals surface area contributed by atoms with E-state index in [9.17, 15) is 0 Å². The maximum atomic E-state index is 5.53. The highest BCUT2D eigenvalue weighted by Crippen LogP contribution is 2.37. The van der Waals surface area contributed by atoms with E-state index in [0.717, 1.165) is 115 Å². The number of nitrogens with one attached hydrogen (secondary N) is 5. The summed E-state index contributed by atoms with van der Waals surface area (Å²) in [6, 6.07) is 0.891. The van der Waals surface area contributed by atoms with Crippen molar-refractivity contribution in [2.24, 2.45) is 0 Å². The van der Waals surface area contributed by atoms with Crippen molar-refractivity contribution in [2.45, 2.75) is 252 Å². The molecule has 2 aromatic heterocycles. The van der Waals surface area contributed by atoms with Crippen LogP contribution < -0.4 is 41.3 Å². The van der Waals surface area contributed by atoms with Gasteiger partial charge in [-0.25, -0.2) is 9.97 Å². The summed E-state index contributed by atoms with van der Waals surface area (Å²) in [6.07, 6.45) is 16.8. The molecule has 0 bridgehead atoms. The van der Waals surface area contributed by atoms with Gasteiger partial charge in [0.05, 0.1) is 13.3 Å². The molecule has 66 heavy (non-hydrogen) atoms. The predicted molar refractivity (Wildman–Crippen MR) is 278 cm³/mol. The third-order valence-corrected chi connectivity index (χ3v) is 13.9. The molecule has 3 aliphatic heterocycles. The van der Waals surface area contributed by atoms with E-state index < -0.39 is 0 Å². The molecule has 3 fully saturated rings. The lowest BCUT2D eigenvalue weighted by Gasteiger charge is -2.50. The topological polar surface area (TPSA) is 150 Å². The number of hydrogen-bond donors (Lipinski definition) is 5. The van der Waals surface area contributed by atoms with Gasteiger partial charge in [0.25, 0.3) is 0 Å². The molecule has 3 aliphatic rings. The monoisotopic (exact) mass is 920 g/mol. The van der Waals surface area contributed by atoms with Crippen LogP contribution in [0.25, 0.3) is 0 Å². The second-order valence-electron chi connectivity index (χ2n) is 24.2. The number of nitrogens with zero attached hydrogens (tertiary/aromatic N) is 10. The fourth-order valence-electron chi connectivity index (χ4n) is 12.1. The summed E-state index contributed by atoms with van der Waals surface area (Å²) in [6.45, 7) is 41.6. The van der Waals surface area contributed by atoms with E-state index in [-0.39, 0.29) is 45.3 Å². The van der Waals surface area contributed by atoms with Crippen molar-refractivity contribution in [1.29, 1.82) is 0 Å². The minimum absolute atomic E-state index is 0.0171. The molecule has 5 heterocycles. The van der Waals surface area contributed by atoms with Crippen molar-refractivity contribution in [3.8, 4) is 0 Å². The van der Waals surface area contributed by atoms with Crippen LogP contribution in [0.2, 0.25) is 0 Å². The second kappa shape index (κ2) is 22.5. The minimum atomic E-state index is -0.0200. The summed E-state index contributed by atoms with van der Waals surface area (Å²) in [5.41, 5.74) is -0.0458. The molecule has 0 spiro atoms. The van der Waals surface area contributed by atoms with Crippen molar-refractivity contribution < 1.29 is 0 Å². The van der Waals surface area contributed by atoms with Gasteiger partial charge in [0.2, 0.25) is 29.7 Å². The van der Waals surface area contributed by atoms with Crippen LogP contribution in [0.1, 0.15) is 201 Å². The van der Waals surface area contributed by atoms with Gasteiger partial charge in [-0.15, -0.1) is 0 Å². The van der Waals surface area contributed by atoms with Crippen LogP contribution in [0.5, 0.6) is 0 Å². The zero-order valence-corrected chi connectivity index (χ0v) is 44.9. The quantitative estimate of drug-likeness (QED) is 0.0502. The molecule has 0 radical (unpaired) electrons. The Morgan fingerprint density at radius 1 is 0.455 bits per heavy atom. The Morgan fingerprint density at radius 3 is 1.26 bits per heavy atom. The summed E-state index contributed by atoms with van der Waals surface area (Å²) in [5.74, 6) is 3.52. The summed E-state index contributed by atoms with van der Waals surface area (Å²) < 4.78 is 0. The van der Waals surface area contributed by atoms with E-state index in [0.29, 0.717) is 31.3 Å². The third kappa shape index (κ3) is 16.0. The molecule has 5 N–H and O–H groups in total. The van der Waals surface area contributed by atoms with Crippen molar-refractivity contribution in [2.75, 3.05) is 64.8 Å². The number of hydrogen-bond acceptors (Lipinski definition) is 15. The predicted octanol–water partition coefficient (Wildman–Crippen LogP) is 9.34. The van der Waals surface area contributed by atoms with Crippen molar-refractivity contribution in [3.63, 3.8) is 0 Å². The Hall–Kier alpha value is -3.14. The average molecular weight is 920 g/mol. The maximum Gasteiger partial charge on any atom is 0.232 e.